The third-order valence-electron chi connectivity index (χ3n) is 7.57. The molecule has 42 heavy (non-hydrogen) atoms. The molecule has 2 heterocycles. The van der Waals surface area contributed by atoms with Crippen LogP contribution in [0, 0.1) is 11.8 Å². The number of alkyl carbamates (subject to hydrolysis) is 2. The Morgan fingerprint density at radius 2 is 1.98 bits per heavy atom. The first-order valence-electron chi connectivity index (χ1n) is 15.1. The van der Waals surface area contributed by atoms with Crippen LogP contribution >= 0.6 is 11.6 Å². The van der Waals surface area contributed by atoms with Gasteiger partial charge in [-0.05, 0) is 82.9 Å². The van der Waals surface area contributed by atoms with Crippen LogP contribution in [0.2, 0.25) is 5.02 Å². The molecule has 0 bridgehead atoms. The number of hydrogen-bond acceptors (Lipinski definition) is 7. The molecule has 2 fully saturated rings. The number of benzene rings is 1. The van der Waals surface area contributed by atoms with Gasteiger partial charge in [0, 0.05) is 56.3 Å². The van der Waals surface area contributed by atoms with Crippen LogP contribution in [0.25, 0.3) is 0 Å². The van der Waals surface area contributed by atoms with Crippen LogP contribution in [0.5, 0.6) is 0 Å². The van der Waals surface area contributed by atoms with Crippen molar-refractivity contribution in [3.8, 4) is 0 Å². The lowest BCUT2D eigenvalue weighted by Gasteiger charge is -2.37. The molecule has 11 heteroatoms. The Morgan fingerprint density at radius 1 is 1.17 bits per heavy atom. The molecule has 2 N–H and O–H groups in total. The Kier molecular flexibility index (Phi) is 13.7. The molecule has 0 unspecified atom stereocenters. The van der Waals surface area contributed by atoms with E-state index in [-0.39, 0.29) is 24.0 Å². The molecule has 10 nitrogen and oxygen atoms in total. The molecular formula is C31H48ClN3O7. The van der Waals surface area contributed by atoms with Gasteiger partial charge in [0.25, 0.3) is 0 Å². The zero-order chi connectivity index (χ0) is 30.5. The minimum atomic E-state index is -0.599. The highest BCUT2D eigenvalue weighted by Gasteiger charge is 2.32. The summed E-state index contributed by atoms with van der Waals surface area (Å²) in [5.41, 5.74) is 0.342. The molecular weight excluding hydrogens is 562 g/mol. The number of likely N-dealkylation sites (tertiary alicyclic amines) is 1. The average molecular weight is 610 g/mol. The van der Waals surface area contributed by atoms with Gasteiger partial charge in [-0.3, -0.25) is 4.79 Å². The molecule has 4 atom stereocenters. The van der Waals surface area contributed by atoms with Crippen LogP contribution in [0.4, 0.5) is 9.59 Å². The number of hydrogen-bond donors (Lipinski definition) is 2. The fourth-order valence-corrected chi connectivity index (χ4v) is 5.86. The Balaban J connectivity index is 1.61. The summed E-state index contributed by atoms with van der Waals surface area (Å²) in [6, 6.07) is 7.40. The highest BCUT2D eigenvalue weighted by Crippen LogP contribution is 2.34. The van der Waals surface area contributed by atoms with Crippen LogP contribution in [-0.2, 0) is 23.7 Å². The van der Waals surface area contributed by atoms with E-state index in [1.165, 1.54) is 7.11 Å². The smallest absolute Gasteiger partial charge is 0.407 e. The van der Waals surface area contributed by atoms with Gasteiger partial charge in [0.2, 0.25) is 5.91 Å². The van der Waals surface area contributed by atoms with E-state index in [1.54, 1.807) is 0 Å². The molecule has 2 saturated heterocycles. The summed E-state index contributed by atoms with van der Waals surface area (Å²) in [6.07, 6.45) is 4.16. The molecule has 0 radical (unpaired) electrons. The maximum Gasteiger partial charge on any atom is 0.407 e. The molecule has 3 rings (SSSR count). The lowest BCUT2D eigenvalue weighted by Crippen LogP contribution is -2.44. The molecule has 2 aliphatic heterocycles. The number of carbonyl (C=O) groups is 3. The van der Waals surface area contributed by atoms with Gasteiger partial charge in [0.15, 0.2) is 0 Å². The number of amides is 3. The van der Waals surface area contributed by atoms with Crippen LogP contribution in [0.15, 0.2) is 24.3 Å². The number of nitrogens with one attached hydrogen (secondary N) is 2. The van der Waals surface area contributed by atoms with E-state index < -0.39 is 17.8 Å². The summed E-state index contributed by atoms with van der Waals surface area (Å²) in [5, 5.41) is 6.27. The summed E-state index contributed by atoms with van der Waals surface area (Å²) >= 11 is 6.30. The summed E-state index contributed by atoms with van der Waals surface area (Å²) in [7, 11) is 1.32. The van der Waals surface area contributed by atoms with Gasteiger partial charge in [-0.2, -0.15) is 0 Å². The molecule has 0 aliphatic carbocycles. The van der Waals surface area contributed by atoms with E-state index in [9.17, 15) is 14.4 Å². The minimum Gasteiger partial charge on any atom is -0.453 e. The van der Waals surface area contributed by atoms with Gasteiger partial charge >= 0.3 is 12.2 Å². The first-order chi connectivity index (χ1) is 20.0. The molecule has 0 aromatic heterocycles. The maximum absolute atomic E-state index is 13.5. The molecule has 2 aliphatic rings. The fourth-order valence-electron chi connectivity index (χ4n) is 5.66. The summed E-state index contributed by atoms with van der Waals surface area (Å²) in [5.74, 6) is 0.472. The third kappa shape index (κ3) is 12.0. The SMILES string of the molecule is COC(=O)NCCO[C@@H](c1cccc(Cl)c1)[C@@H]1CCCN(C(=O)CC[C@H](C[C@H]2CCCOC2)NC(=O)OC(C)(C)C)C1. The van der Waals surface area contributed by atoms with E-state index in [0.717, 1.165) is 44.3 Å². The van der Waals surface area contributed by atoms with Crippen LogP contribution in [0.3, 0.4) is 0 Å². The molecule has 1 aromatic rings. The maximum atomic E-state index is 13.5. The lowest BCUT2D eigenvalue weighted by atomic mass is 9.88. The monoisotopic (exact) mass is 609 g/mol. The van der Waals surface area contributed by atoms with Crippen molar-refractivity contribution in [2.24, 2.45) is 11.8 Å². The fraction of sp³-hybridized carbons (Fsp3) is 0.710. The average Bonchev–Trinajstić information content (AvgIpc) is 2.95. The number of nitrogens with zero attached hydrogens (tertiary/aromatic N) is 1. The summed E-state index contributed by atoms with van der Waals surface area (Å²) < 4.78 is 22.1. The largest absolute Gasteiger partial charge is 0.453 e. The quantitative estimate of drug-likeness (QED) is 0.301. The van der Waals surface area contributed by atoms with E-state index in [1.807, 2.05) is 49.9 Å². The number of ether oxygens (including phenoxy) is 4. The minimum absolute atomic E-state index is 0.0628. The van der Waals surface area contributed by atoms with E-state index >= 15 is 0 Å². The van der Waals surface area contributed by atoms with Crippen LogP contribution < -0.4 is 10.6 Å². The molecule has 236 valence electrons. The first-order valence-corrected chi connectivity index (χ1v) is 15.5. The third-order valence-corrected chi connectivity index (χ3v) is 7.81. The van der Waals surface area contributed by atoms with Gasteiger partial charge in [0.05, 0.1) is 19.8 Å². The molecule has 0 saturated carbocycles. The Bertz CT molecular complexity index is 1010. The normalized spacial score (nSPS) is 20.7. The van der Waals surface area contributed by atoms with Gasteiger partial charge in [0.1, 0.15) is 5.60 Å². The van der Waals surface area contributed by atoms with Gasteiger partial charge in [-0.1, -0.05) is 23.7 Å². The van der Waals surface area contributed by atoms with Gasteiger partial charge in [-0.25, -0.2) is 9.59 Å². The van der Waals surface area contributed by atoms with Crippen molar-refractivity contribution in [3.63, 3.8) is 0 Å². The first kappa shape index (κ1) is 33.9. The Morgan fingerprint density at radius 3 is 2.67 bits per heavy atom. The van der Waals surface area contributed by atoms with E-state index in [0.29, 0.717) is 56.6 Å². The van der Waals surface area contributed by atoms with Crippen LogP contribution in [-0.4, -0.2) is 81.2 Å². The van der Waals surface area contributed by atoms with Crippen molar-refractivity contribution in [3.05, 3.63) is 34.9 Å². The van der Waals surface area contributed by atoms with Crippen molar-refractivity contribution in [1.82, 2.24) is 15.5 Å². The number of rotatable bonds is 12. The molecule has 1 aromatic carbocycles. The molecule has 3 amide bonds. The summed E-state index contributed by atoms with van der Waals surface area (Å²) in [4.78, 5) is 39.4. The number of piperidine rings is 1. The standard InChI is InChI=1S/C31H48ClN3O7/c1-31(2,3)42-30(38)34-26(18-22-8-7-16-40-21-22)12-13-27(36)35-15-6-10-24(20-35)28(23-9-5-11-25(32)19-23)41-17-14-33-29(37)39-4/h5,9,11,19,22,24,26,28H,6-8,10,12-18,20-21H2,1-4H3,(H,33,37)(H,34,38)/t22-,24-,26-,28+/m1/s1. The van der Waals surface area contributed by atoms with Crippen molar-refractivity contribution in [1.29, 1.82) is 0 Å². The number of halogens is 1. The Labute approximate surface area is 255 Å². The Hall–Kier alpha value is -2.56. The second-order valence-electron chi connectivity index (χ2n) is 12.2. The number of carbonyl (C=O) groups excluding carboxylic acids is 3. The highest BCUT2D eigenvalue weighted by atomic mass is 35.5. The number of methoxy groups -OCH3 is 1. The van der Waals surface area contributed by atoms with Gasteiger partial charge < -0.3 is 34.5 Å². The predicted octanol–water partition coefficient (Wildman–Crippen LogP) is 5.48. The van der Waals surface area contributed by atoms with Crippen molar-refractivity contribution >= 4 is 29.7 Å². The van der Waals surface area contributed by atoms with Crippen molar-refractivity contribution in [2.45, 2.75) is 83.5 Å². The second kappa shape index (κ2) is 16.9. The summed E-state index contributed by atoms with van der Waals surface area (Å²) in [6.45, 7) is 8.79. The molecule has 0 spiro atoms. The highest BCUT2D eigenvalue weighted by molar-refractivity contribution is 6.30. The lowest BCUT2D eigenvalue weighted by molar-refractivity contribution is -0.134. The van der Waals surface area contributed by atoms with E-state index in [2.05, 4.69) is 15.4 Å². The van der Waals surface area contributed by atoms with E-state index in [4.69, 9.17) is 25.8 Å². The topological polar surface area (TPSA) is 115 Å². The zero-order valence-electron chi connectivity index (χ0n) is 25.5. The van der Waals surface area contributed by atoms with Crippen molar-refractivity contribution in [2.75, 3.05) is 46.6 Å². The van der Waals surface area contributed by atoms with Crippen molar-refractivity contribution < 1.29 is 33.3 Å². The zero-order valence-corrected chi connectivity index (χ0v) is 26.3. The van der Waals surface area contributed by atoms with Crippen LogP contribution in [0.1, 0.15) is 77.4 Å². The second-order valence-corrected chi connectivity index (χ2v) is 12.6. The van der Waals surface area contributed by atoms with Gasteiger partial charge in [-0.15, -0.1) is 0 Å². The predicted molar refractivity (Wildman–Crippen MR) is 160 cm³/mol.